The lowest BCUT2D eigenvalue weighted by molar-refractivity contribution is -0.136. The number of thiophene rings is 1. The standard InChI is InChI=1S/C20H25N5O5S/c1-4-9-23-18(28)24(10-5-2)20(30)25(19(23)29)14-17(27)22(6-3)13-16(26)21-12-15-8-7-11-31-15/h4-5,7-8,11H,1-2,6,9-10,12-14H2,3H3,(H,21,26). The number of likely N-dealkylation sites (N-methyl/N-ethyl adjacent to an activating group) is 1. The van der Waals surface area contributed by atoms with Gasteiger partial charge in [-0.3, -0.25) is 9.59 Å². The molecule has 0 bridgehead atoms. The van der Waals surface area contributed by atoms with Crippen molar-refractivity contribution in [1.29, 1.82) is 0 Å². The van der Waals surface area contributed by atoms with Crippen molar-refractivity contribution >= 4 is 23.2 Å². The van der Waals surface area contributed by atoms with Gasteiger partial charge in [-0.25, -0.2) is 28.1 Å². The molecule has 0 saturated heterocycles. The van der Waals surface area contributed by atoms with Crippen LogP contribution < -0.4 is 22.4 Å². The van der Waals surface area contributed by atoms with Crippen LogP contribution in [0.15, 0.2) is 57.2 Å². The first-order chi connectivity index (χ1) is 14.8. The molecular formula is C20H25N5O5S. The van der Waals surface area contributed by atoms with E-state index in [-0.39, 0.29) is 32.1 Å². The Balaban J connectivity index is 2.23. The lowest BCUT2D eigenvalue weighted by Crippen LogP contribution is -2.56. The van der Waals surface area contributed by atoms with Gasteiger partial charge in [-0.2, -0.15) is 0 Å². The lowest BCUT2D eigenvalue weighted by Gasteiger charge is -2.21. The molecule has 0 aliphatic heterocycles. The molecule has 0 aromatic carbocycles. The van der Waals surface area contributed by atoms with E-state index >= 15 is 0 Å². The van der Waals surface area contributed by atoms with Gasteiger partial charge >= 0.3 is 17.1 Å². The Bertz CT molecular complexity index is 1080. The summed E-state index contributed by atoms with van der Waals surface area (Å²) in [7, 11) is 0. The van der Waals surface area contributed by atoms with E-state index in [0.717, 1.165) is 14.0 Å². The molecule has 2 rings (SSSR count). The number of aromatic nitrogens is 3. The van der Waals surface area contributed by atoms with Crippen molar-refractivity contribution in [2.45, 2.75) is 33.1 Å². The fourth-order valence-electron chi connectivity index (χ4n) is 2.83. The van der Waals surface area contributed by atoms with Gasteiger partial charge in [0.25, 0.3) is 0 Å². The number of hydrogen-bond donors (Lipinski definition) is 1. The molecule has 0 unspecified atom stereocenters. The molecule has 0 aliphatic carbocycles. The summed E-state index contributed by atoms with van der Waals surface area (Å²) >= 11 is 1.50. The van der Waals surface area contributed by atoms with Gasteiger partial charge in [0.05, 0.1) is 26.2 Å². The highest BCUT2D eigenvalue weighted by Crippen LogP contribution is 2.07. The number of allylic oxidation sites excluding steroid dienone is 2. The van der Waals surface area contributed by atoms with Crippen molar-refractivity contribution in [1.82, 2.24) is 23.9 Å². The quantitative estimate of drug-likeness (QED) is 0.478. The van der Waals surface area contributed by atoms with E-state index in [1.165, 1.54) is 28.4 Å². The fraction of sp³-hybridized carbons (Fsp3) is 0.350. The number of amides is 2. The second kappa shape index (κ2) is 11.1. The van der Waals surface area contributed by atoms with Crippen molar-refractivity contribution in [3.8, 4) is 0 Å². The van der Waals surface area contributed by atoms with Crippen molar-refractivity contribution in [3.63, 3.8) is 0 Å². The Kier molecular flexibility index (Phi) is 8.50. The molecule has 1 N–H and O–H groups in total. The van der Waals surface area contributed by atoms with E-state index < -0.39 is 29.5 Å². The average Bonchev–Trinajstić information content (AvgIpc) is 3.27. The molecule has 0 spiro atoms. The Labute approximate surface area is 182 Å². The molecule has 2 amide bonds. The summed E-state index contributed by atoms with van der Waals surface area (Å²) in [6.45, 7) is 8.18. The van der Waals surface area contributed by atoms with Crippen LogP contribution in [0.4, 0.5) is 0 Å². The number of carbonyl (C=O) groups excluding carboxylic acids is 2. The summed E-state index contributed by atoms with van der Waals surface area (Å²) in [5, 5.41) is 4.62. The Morgan fingerprint density at radius 2 is 1.65 bits per heavy atom. The fourth-order valence-corrected chi connectivity index (χ4v) is 3.47. The van der Waals surface area contributed by atoms with Crippen LogP contribution in [0.3, 0.4) is 0 Å². The Morgan fingerprint density at radius 1 is 1.06 bits per heavy atom. The summed E-state index contributed by atoms with van der Waals surface area (Å²) in [5.41, 5.74) is -2.64. The summed E-state index contributed by atoms with van der Waals surface area (Å²) in [5.74, 6) is -0.960. The molecule has 0 saturated carbocycles. The monoisotopic (exact) mass is 447 g/mol. The van der Waals surface area contributed by atoms with Gasteiger partial charge in [-0.05, 0) is 18.4 Å². The van der Waals surface area contributed by atoms with Gasteiger partial charge in [-0.15, -0.1) is 24.5 Å². The van der Waals surface area contributed by atoms with Crippen LogP contribution in [0.25, 0.3) is 0 Å². The van der Waals surface area contributed by atoms with Crippen molar-refractivity contribution in [2.24, 2.45) is 0 Å². The summed E-state index contributed by atoms with van der Waals surface area (Å²) in [6.07, 6.45) is 2.68. The van der Waals surface area contributed by atoms with Crippen LogP contribution in [-0.2, 0) is 35.8 Å². The van der Waals surface area contributed by atoms with E-state index in [9.17, 15) is 24.0 Å². The third kappa shape index (κ3) is 5.79. The lowest BCUT2D eigenvalue weighted by atomic mass is 10.4. The van der Waals surface area contributed by atoms with Gasteiger partial charge in [0, 0.05) is 11.4 Å². The molecule has 166 valence electrons. The molecular weight excluding hydrogens is 422 g/mol. The minimum atomic E-state index is -0.915. The maximum absolute atomic E-state index is 12.8. The van der Waals surface area contributed by atoms with Crippen LogP contribution in [0.1, 0.15) is 11.8 Å². The average molecular weight is 448 g/mol. The first-order valence-corrected chi connectivity index (χ1v) is 10.4. The minimum absolute atomic E-state index is 0.119. The van der Waals surface area contributed by atoms with Gasteiger partial charge in [0.15, 0.2) is 0 Å². The zero-order valence-corrected chi connectivity index (χ0v) is 18.1. The summed E-state index contributed by atoms with van der Waals surface area (Å²) in [6, 6.07) is 3.75. The van der Waals surface area contributed by atoms with Crippen LogP contribution in [0.5, 0.6) is 0 Å². The molecule has 0 atom stereocenters. The van der Waals surface area contributed by atoms with Crippen molar-refractivity contribution in [3.05, 3.63) is 79.2 Å². The third-order valence-electron chi connectivity index (χ3n) is 4.41. The number of rotatable bonds is 11. The Morgan fingerprint density at radius 3 is 2.13 bits per heavy atom. The zero-order chi connectivity index (χ0) is 23.0. The zero-order valence-electron chi connectivity index (χ0n) is 17.3. The first-order valence-electron chi connectivity index (χ1n) is 9.57. The highest BCUT2D eigenvalue weighted by Gasteiger charge is 2.21. The first kappa shape index (κ1) is 23.8. The summed E-state index contributed by atoms with van der Waals surface area (Å²) in [4.78, 5) is 64.9. The van der Waals surface area contributed by atoms with Gasteiger partial charge in [0.1, 0.15) is 6.54 Å². The molecule has 2 heterocycles. The maximum Gasteiger partial charge on any atom is 0.337 e. The third-order valence-corrected chi connectivity index (χ3v) is 5.29. The maximum atomic E-state index is 12.8. The second-order valence-electron chi connectivity index (χ2n) is 6.50. The number of hydrogen-bond acceptors (Lipinski definition) is 6. The van der Waals surface area contributed by atoms with Crippen LogP contribution in [0, 0.1) is 0 Å². The van der Waals surface area contributed by atoms with Gasteiger partial charge < -0.3 is 10.2 Å². The van der Waals surface area contributed by atoms with Gasteiger partial charge in [-0.1, -0.05) is 18.2 Å². The largest absolute Gasteiger partial charge is 0.350 e. The molecule has 10 nitrogen and oxygen atoms in total. The molecule has 0 radical (unpaired) electrons. The smallest absolute Gasteiger partial charge is 0.337 e. The number of nitrogens with one attached hydrogen (secondary N) is 1. The van der Waals surface area contributed by atoms with Gasteiger partial charge in [0.2, 0.25) is 11.8 Å². The molecule has 0 fully saturated rings. The van der Waals surface area contributed by atoms with E-state index in [2.05, 4.69) is 18.5 Å². The molecule has 2 aromatic heterocycles. The molecule has 11 heteroatoms. The van der Waals surface area contributed by atoms with E-state index in [4.69, 9.17) is 0 Å². The van der Waals surface area contributed by atoms with Crippen LogP contribution in [-0.4, -0.2) is 43.5 Å². The normalized spacial score (nSPS) is 10.5. The predicted octanol–water partition coefficient (Wildman–Crippen LogP) is -0.230. The van der Waals surface area contributed by atoms with E-state index in [1.807, 2.05) is 17.5 Å². The van der Waals surface area contributed by atoms with Crippen LogP contribution >= 0.6 is 11.3 Å². The highest BCUT2D eigenvalue weighted by atomic mass is 32.1. The predicted molar refractivity (Wildman–Crippen MR) is 118 cm³/mol. The highest BCUT2D eigenvalue weighted by molar-refractivity contribution is 7.09. The molecule has 0 aliphatic rings. The topological polar surface area (TPSA) is 115 Å². The van der Waals surface area contributed by atoms with Crippen molar-refractivity contribution in [2.75, 3.05) is 13.1 Å². The van der Waals surface area contributed by atoms with E-state index in [1.54, 1.807) is 6.92 Å². The van der Waals surface area contributed by atoms with Crippen molar-refractivity contribution < 1.29 is 9.59 Å². The summed E-state index contributed by atoms with van der Waals surface area (Å²) < 4.78 is 2.31. The number of carbonyl (C=O) groups is 2. The Hall–Kier alpha value is -3.47. The second-order valence-corrected chi connectivity index (χ2v) is 7.53. The number of nitrogens with zero attached hydrogens (tertiary/aromatic N) is 4. The minimum Gasteiger partial charge on any atom is -0.350 e. The van der Waals surface area contributed by atoms with E-state index in [0.29, 0.717) is 11.1 Å². The van der Waals surface area contributed by atoms with Crippen LogP contribution in [0.2, 0.25) is 0 Å². The molecule has 2 aromatic rings. The molecule has 31 heavy (non-hydrogen) atoms. The SMILES string of the molecule is C=CCn1c(=O)n(CC=C)c(=O)n(CC(=O)N(CC)CC(=O)NCc2cccs2)c1=O.